The van der Waals surface area contributed by atoms with E-state index in [-0.39, 0.29) is 5.41 Å². The Balaban J connectivity index is 1.14. The van der Waals surface area contributed by atoms with E-state index < -0.39 is 0 Å². The molecule has 0 saturated heterocycles. The molecular weight excluding hydrogens is 645 g/mol. The molecule has 0 fully saturated rings. The van der Waals surface area contributed by atoms with Crippen LogP contribution < -0.4 is 0 Å². The largest absolute Gasteiger partial charge is 0.135 e. The van der Waals surface area contributed by atoms with Gasteiger partial charge in [0, 0.05) is 31.0 Å². The number of fused-ring (bicyclic) bond motifs is 11. The first kappa shape index (κ1) is 29.7. The minimum Gasteiger partial charge on any atom is -0.135 e. The van der Waals surface area contributed by atoms with Crippen LogP contribution in [0, 0.1) is 0 Å². The Labute approximate surface area is 307 Å². The second-order valence-electron chi connectivity index (χ2n) is 14.8. The lowest BCUT2D eigenvalue weighted by atomic mass is 9.79. The highest BCUT2D eigenvalue weighted by atomic mass is 32.1. The molecule has 1 aromatic heterocycles. The van der Waals surface area contributed by atoms with Gasteiger partial charge in [-0.15, -0.1) is 11.3 Å². The minimum absolute atomic E-state index is 0.132. The van der Waals surface area contributed by atoms with Crippen molar-refractivity contribution in [1.82, 2.24) is 0 Å². The van der Waals surface area contributed by atoms with Gasteiger partial charge in [-0.05, 0) is 94.7 Å². The quantitative estimate of drug-likeness (QED) is 0.163. The Kier molecular flexibility index (Phi) is 6.27. The molecule has 11 rings (SSSR count). The number of benzene rings is 9. The average Bonchev–Trinajstić information content (AvgIpc) is 3.69. The minimum atomic E-state index is -0.132. The zero-order chi connectivity index (χ0) is 34.6. The maximum Gasteiger partial charge on any atom is 0.0437 e. The monoisotopic (exact) mass is 678 g/mol. The van der Waals surface area contributed by atoms with Crippen LogP contribution in [-0.4, -0.2) is 0 Å². The Morgan fingerprint density at radius 3 is 1.63 bits per heavy atom. The third kappa shape index (κ3) is 4.15. The van der Waals surface area contributed by atoms with Crippen molar-refractivity contribution in [2.45, 2.75) is 19.3 Å². The Morgan fingerprint density at radius 1 is 0.404 bits per heavy atom. The molecule has 10 aromatic rings. The van der Waals surface area contributed by atoms with Crippen LogP contribution in [0.1, 0.15) is 25.0 Å². The third-order valence-electron chi connectivity index (χ3n) is 11.6. The summed E-state index contributed by atoms with van der Waals surface area (Å²) in [6.45, 7) is 4.84. The van der Waals surface area contributed by atoms with Crippen LogP contribution >= 0.6 is 11.3 Å². The fourth-order valence-electron chi connectivity index (χ4n) is 9.28. The Hall–Kier alpha value is -6.02. The zero-order valence-corrected chi connectivity index (χ0v) is 29.9. The summed E-state index contributed by atoms with van der Waals surface area (Å²) < 4.78 is 2.76. The van der Waals surface area contributed by atoms with Crippen molar-refractivity contribution in [3.8, 4) is 44.5 Å². The Bertz CT molecular complexity index is 3010. The molecule has 9 aromatic carbocycles. The van der Waals surface area contributed by atoms with Gasteiger partial charge in [-0.2, -0.15) is 0 Å². The normalized spacial score (nSPS) is 13.3. The van der Waals surface area contributed by atoms with Gasteiger partial charge in [-0.3, -0.25) is 0 Å². The molecule has 0 amide bonds. The van der Waals surface area contributed by atoms with Gasteiger partial charge >= 0.3 is 0 Å². The maximum absolute atomic E-state index is 2.49. The van der Waals surface area contributed by atoms with Gasteiger partial charge in [0.1, 0.15) is 0 Å². The molecule has 244 valence electrons. The van der Waals surface area contributed by atoms with Gasteiger partial charge in [-0.1, -0.05) is 172 Å². The number of thiophene rings is 1. The molecule has 0 unspecified atom stereocenters. The molecule has 1 heteroatoms. The lowest BCUT2D eigenvalue weighted by Gasteiger charge is -2.24. The summed E-state index contributed by atoms with van der Waals surface area (Å²) in [6, 6.07) is 63.3. The van der Waals surface area contributed by atoms with Crippen LogP contribution in [0.5, 0.6) is 0 Å². The van der Waals surface area contributed by atoms with Crippen LogP contribution in [-0.2, 0) is 5.41 Å². The predicted octanol–water partition coefficient (Wildman–Crippen LogP) is 14.8. The van der Waals surface area contributed by atoms with E-state index in [2.05, 4.69) is 184 Å². The topological polar surface area (TPSA) is 0 Å². The molecule has 0 spiro atoms. The lowest BCUT2D eigenvalue weighted by Crippen LogP contribution is -2.15. The highest BCUT2D eigenvalue weighted by Crippen LogP contribution is 2.55. The average molecular weight is 679 g/mol. The zero-order valence-electron chi connectivity index (χ0n) is 29.1. The maximum atomic E-state index is 2.49. The number of rotatable bonds is 3. The molecule has 0 bridgehead atoms. The summed E-state index contributed by atoms with van der Waals surface area (Å²) in [5.74, 6) is 0. The fourth-order valence-corrected chi connectivity index (χ4v) is 10.5. The van der Waals surface area contributed by atoms with Crippen molar-refractivity contribution in [2.75, 3.05) is 0 Å². The molecule has 1 aliphatic rings. The van der Waals surface area contributed by atoms with Gasteiger partial charge in [-0.25, -0.2) is 0 Å². The van der Waals surface area contributed by atoms with Crippen molar-refractivity contribution in [1.29, 1.82) is 0 Å². The summed E-state index contributed by atoms with van der Waals surface area (Å²) in [5, 5.41) is 10.6. The van der Waals surface area contributed by atoms with Gasteiger partial charge in [0.2, 0.25) is 0 Å². The molecule has 0 nitrogen and oxygen atoms in total. The summed E-state index contributed by atoms with van der Waals surface area (Å²) >= 11 is 1.94. The molecule has 0 atom stereocenters. The molecule has 0 radical (unpaired) electrons. The van der Waals surface area contributed by atoms with Crippen molar-refractivity contribution in [2.24, 2.45) is 0 Å². The summed E-state index contributed by atoms with van der Waals surface area (Å²) in [4.78, 5) is 0. The van der Waals surface area contributed by atoms with Crippen LogP contribution in [0.15, 0.2) is 170 Å². The molecule has 1 heterocycles. The summed E-state index contributed by atoms with van der Waals surface area (Å²) in [7, 11) is 0. The molecule has 0 saturated carbocycles. The van der Waals surface area contributed by atoms with Crippen LogP contribution in [0.4, 0.5) is 0 Å². The van der Waals surface area contributed by atoms with Gasteiger partial charge in [0.25, 0.3) is 0 Å². The molecular formula is C51H34S. The van der Waals surface area contributed by atoms with Crippen LogP contribution in [0.3, 0.4) is 0 Å². The van der Waals surface area contributed by atoms with E-state index in [1.165, 1.54) is 108 Å². The fraction of sp³-hybridized carbons (Fsp3) is 0.0588. The highest BCUT2D eigenvalue weighted by molar-refractivity contribution is 7.26. The first-order valence-electron chi connectivity index (χ1n) is 18.2. The van der Waals surface area contributed by atoms with Crippen molar-refractivity contribution >= 4 is 63.8 Å². The summed E-state index contributed by atoms with van der Waals surface area (Å²) in [6.07, 6.45) is 0. The SMILES string of the molecule is CC1(C)c2ccc(-c3c4ccccc4c(-c4ccc(-c5ccccc5)cc4)c4ccccc34)cc2-c2ccc3ccc4c5ccccc5sc4c3c21. The van der Waals surface area contributed by atoms with Gasteiger partial charge in [0.05, 0.1) is 0 Å². The Morgan fingerprint density at radius 2 is 0.942 bits per heavy atom. The first-order chi connectivity index (χ1) is 25.6. The first-order valence-corrected chi connectivity index (χ1v) is 19.0. The number of hydrogen-bond donors (Lipinski definition) is 0. The molecule has 52 heavy (non-hydrogen) atoms. The number of hydrogen-bond acceptors (Lipinski definition) is 1. The van der Waals surface area contributed by atoms with Crippen molar-refractivity contribution in [3.63, 3.8) is 0 Å². The van der Waals surface area contributed by atoms with E-state index in [4.69, 9.17) is 0 Å². The standard InChI is InChI=1S/C51H34S/c1-51(2)44-29-26-35(30-43(44)41-27-24-34-25-28-42-36-14-10-11-19-45(36)52-50(42)48(34)49(41)51)47-39-17-8-6-15-37(39)46(38-16-7-9-18-40(38)47)33-22-20-32(21-23-33)31-12-4-3-5-13-31/h3-30H,1-2H3. The second-order valence-corrected chi connectivity index (χ2v) is 15.8. The van der Waals surface area contributed by atoms with Crippen molar-refractivity contribution < 1.29 is 0 Å². The summed E-state index contributed by atoms with van der Waals surface area (Å²) in [5.41, 5.74) is 13.0. The van der Waals surface area contributed by atoms with E-state index in [1.54, 1.807) is 0 Å². The smallest absolute Gasteiger partial charge is 0.0437 e. The third-order valence-corrected chi connectivity index (χ3v) is 12.8. The molecule has 0 N–H and O–H groups in total. The van der Waals surface area contributed by atoms with Crippen molar-refractivity contribution in [3.05, 3.63) is 181 Å². The predicted molar refractivity (Wildman–Crippen MR) is 226 cm³/mol. The van der Waals surface area contributed by atoms with E-state index >= 15 is 0 Å². The van der Waals surface area contributed by atoms with E-state index in [0.717, 1.165) is 0 Å². The van der Waals surface area contributed by atoms with E-state index in [0.29, 0.717) is 0 Å². The van der Waals surface area contributed by atoms with Crippen LogP contribution in [0.25, 0.3) is 97.0 Å². The van der Waals surface area contributed by atoms with Gasteiger partial charge < -0.3 is 0 Å². The lowest BCUT2D eigenvalue weighted by molar-refractivity contribution is 0.667. The molecule has 1 aliphatic carbocycles. The molecule has 0 aliphatic heterocycles. The highest BCUT2D eigenvalue weighted by Gasteiger charge is 2.38. The van der Waals surface area contributed by atoms with Crippen LogP contribution in [0.2, 0.25) is 0 Å². The second kappa shape index (κ2) is 11.0. The van der Waals surface area contributed by atoms with Gasteiger partial charge in [0.15, 0.2) is 0 Å². The van der Waals surface area contributed by atoms with E-state index in [9.17, 15) is 0 Å². The van der Waals surface area contributed by atoms with E-state index in [1.807, 2.05) is 11.3 Å².